The Bertz CT molecular complexity index is 1840. The van der Waals surface area contributed by atoms with Crippen LogP contribution in [-0.2, 0) is 10.0 Å². The van der Waals surface area contributed by atoms with Crippen molar-refractivity contribution in [2.24, 2.45) is 0 Å². The van der Waals surface area contributed by atoms with E-state index in [-0.39, 0.29) is 35.5 Å². The Kier molecular flexibility index (Phi) is 7.67. The molecule has 15 heteroatoms. The Morgan fingerprint density at radius 2 is 1.80 bits per heavy atom. The molecule has 2 heterocycles. The van der Waals surface area contributed by atoms with E-state index in [1.165, 1.54) is 36.5 Å². The van der Waals surface area contributed by atoms with Crippen molar-refractivity contribution in [2.75, 3.05) is 5.32 Å². The predicted molar refractivity (Wildman–Crippen MR) is 157 cm³/mol. The molecule has 2 aromatic heterocycles. The summed E-state index contributed by atoms with van der Waals surface area (Å²) in [5.74, 6) is -3.23. The van der Waals surface area contributed by atoms with E-state index >= 15 is 0 Å². The highest BCUT2D eigenvalue weighted by Gasteiger charge is 2.57. The van der Waals surface area contributed by atoms with Crippen molar-refractivity contribution < 1.29 is 31.7 Å². The molecule has 2 aliphatic carbocycles. The number of amides is 1. The number of carbonyl (C=O) groups is 1. The van der Waals surface area contributed by atoms with Gasteiger partial charge in [0.2, 0.25) is 0 Å². The Hall–Kier alpha value is -4.63. The lowest BCUT2D eigenvalue weighted by Crippen LogP contribution is -2.39. The number of H-pyrrole nitrogens is 1. The van der Waals surface area contributed by atoms with Gasteiger partial charge in [0.05, 0.1) is 27.6 Å². The Morgan fingerprint density at radius 1 is 1.07 bits per heavy atom. The van der Waals surface area contributed by atoms with E-state index in [0.29, 0.717) is 37.1 Å². The van der Waals surface area contributed by atoms with Gasteiger partial charge >= 0.3 is 0 Å². The van der Waals surface area contributed by atoms with Gasteiger partial charge in [-0.1, -0.05) is 12.1 Å². The number of fused-ring (bicyclic) bond motifs is 1. The summed E-state index contributed by atoms with van der Waals surface area (Å²) in [6.45, 7) is 0. The van der Waals surface area contributed by atoms with Gasteiger partial charge in [0.15, 0.2) is 0 Å². The zero-order valence-electron chi connectivity index (χ0n) is 23.1. The van der Waals surface area contributed by atoms with Crippen molar-refractivity contribution in [2.45, 2.75) is 61.0 Å². The second kappa shape index (κ2) is 11.5. The van der Waals surface area contributed by atoms with Crippen LogP contribution in [0.1, 0.15) is 42.5 Å². The minimum absolute atomic E-state index is 0.0485. The number of hydrogen-bond donors (Lipinski definition) is 4. The summed E-state index contributed by atoms with van der Waals surface area (Å²) < 4.78 is 60.6. The lowest BCUT2D eigenvalue weighted by Gasteiger charge is -2.30. The number of aromatic amines is 1. The van der Waals surface area contributed by atoms with E-state index in [9.17, 15) is 32.1 Å². The molecule has 1 unspecified atom stereocenters. The third kappa shape index (κ3) is 6.33. The van der Waals surface area contributed by atoms with Crippen molar-refractivity contribution in [3.8, 4) is 11.5 Å². The average Bonchev–Trinajstić information content (AvgIpc) is 3.34. The van der Waals surface area contributed by atoms with Gasteiger partial charge in [0.25, 0.3) is 27.5 Å². The number of sulfonamides is 1. The van der Waals surface area contributed by atoms with Crippen LogP contribution < -0.4 is 20.1 Å². The van der Waals surface area contributed by atoms with Crippen molar-refractivity contribution >= 4 is 38.3 Å². The Morgan fingerprint density at radius 3 is 2.52 bits per heavy atom. The smallest absolute Gasteiger partial charge is 0.293 e. The van der Waals surface area contributed by atoms with E-state index in [4.69, 9.17) is 4.74 Å². The maximum Gasteiger partial charge on any atom is 0.293 e. The number of carbonyl (C=O) groups excluding carboxylic acids is 1. The third-order valence-electron chi connectivity index (χ3n) is 7.79. The monoisotopic (exact) mass is 626 g/mol. The highest BCUT2D eigenvalue weighted by molar-refractivity contribution is 7.90. The molecule has 4 N–H and O–H groups in total. The summed E-state index contributed by atoms with van der Waals surface area (Å²) in [6.07, 6.45) is 5.46. The molecule has 2 aromatic carbocycles. The summed E-state index contributed by atoms with van der Waals surface area (Å²) in [5.41, 5.74) is 0.216. The number of para-hydroxylation sites is 1. The Labute approximate surface area is 250 Å². The fourth-order valence-corrected chi connectivity index (χ4v) is 6.32. The minimum Gasteiger partial charge on any atom is -0.455 e. The zero-order chi connectivity index (χ0) is 31.1. The van der Waals surface area contributed by atoms with E-state index in [1.807, 2.05) is 4.72 Å². The van der Waals surface area contributed by atoms with E-state index in [0.717, 1.165) is 11.5 Å². The van der Waals surface area contributed by atoms with Gasteiger partial charge in [-0.15, -0.1) is 0 Å². The Balaban J connectivity index is 1.13. The average molecular weight is 627 g/mol. The van der Waals surface area contributed by atoms with Crippen LogP contribution in [0.5, 0.6) is 11.5 Å². The quantitative estimate of drug-likeness (QED) is 0.138. The first kappa shape index (κ1) is 29.4. The molecule has 0 radical (unpaired) electrons. The number of nitrogens with zero attached hydrogens (tertiary/aromatic N) is 2. The van der Waals surface area contributed by atoms with Crippen molar-refractivity contribution in [1.29, 1.82) is 0 Å². The first-order valence-corrected chi connectivity index (χ1v) is 15.4. The number of rotatable bonds is 10. The van der Waals surface area contributed by atoms with Gasteiger partial charge in [-0.3, -0.25) is 14.9 Å². The largest absolute Gasteiger partial charge is 0.455 e. The molecule has 2 aliphatic rings. The normalized spacial score (nSPS) is 21.0. The standard InChI is InChI=1S/C29H28F2N6O6S/c30-29(31)15-26(29)35-19-7-5-18(6-8-19)34-23-10-9-21(14-24(23)37(39)40)44(41,42)36-28(38)22-3-1-2-4-25(22)43-20-13-17-11-12-32-27(17)33-16-20/h1-4,9-14,16,18-19,26,34-35H,5-8,15H2,(H,32,33)(H,36,38). The lowest BCUT2D eigenvalue weighted by atomic mass is 9.91. The van der Waals surface area contributed by atoms with E-state index in [2.05, 4.69) is 20.6 Å². The molecular weight excluding hydrogens is 598 g/mol. The summed E-state index contributed by atoms with van der Waals surface area (Å²) in [6, 6.07) is 11.9. The third-order valence-corrected chi connectivity index (χ3v) is 9.12. The molecule has 44 heavy (non-hydrogen) atoms. The summed E-state index contributed by atoms with van der Waals surface area (Å²) in [7, 11) is -4.52. The molecule has 0 saturated heterocycles. The van der Waals surface area contributed by atoms with Crippen molar-refractivity contribution in [1.82, 2.24) is 20.0 Å². The van der Waals surface area contributed by atoms with Crippen LogP contribution in [0.4, 0.5) is 20.2 Å². The molecule has 0 spiro atoms. The number of pyridine rings is 1. The van der Waals surface area contributed by atoms with Crippen LogP contribution in [-0.4, -0.2) is 53.3 Å². The number of hydrogen-bond acceptors (Lipinski definition) is 9. The van der Waals surface area contributed by atoms with Gasteiger partial charge in [-0.25, -0.2) is 26.9 Å². The maximum absolute atomic E-state index is 13.2. The van der Waals surface area contributed by atoms with Crippen molar-refractivity contribution in [3.63, 3.8) is 0 Å². The molecule has 2 saturated carbocycles. The minimum atomic E-state index is -4.52. The fourth-order valence-electron chi connectivity index (χ4n) is 5.34. The number of aromatic nitrogens is 2. The zero-order valence-corrected chi connectivity index (χ0v) is 23.9. The molecule has 230 valence electrons. The first-order valence-electron chi connectivity index (χ1n) is 13.9. The number of nitrogens with one attached hydrogen (secondary N) is 4. The van der Waals surface area contributed by atoms with Crippen LogP contribution in [0.25, 0.3) is 11.0 Å². The number of halogens is 2. The highest BCUT2D eigenvalue weighted by Crippen LogP contribution is 2.42. The second-order valence-electron chi connectivity index (χ2n) is 10.9. The number of nitro benzene ring substituents is 1. The molecule has 1 atom stereocenters. The van der Waals surface area contributed by atoms with Crippen LogP contribution in [0.2, 0.25) is 0 Å². The number of anilines is 1. The van der Waals surface area contributed by atoms with E-state index in [1.54, 1.807) is 24.4 Å². The van der Waals surface area contributed by atoms with Gasteiger partial charge in [-0.2, -0.15) is 0 Å². The predicted octanol–water partition coefficient (Wildman–Crippen LogP) is 5.10. The number of alkyl halides is 2. The number of ether oxygens (including phenoxy) is 1. The van der Waals surface area contributed by atoms with E-state index < -0.39 is 43.4 Å². The lowest BCUT2D eigenvalue weighted by molar-refractivity contribution is -0.384. The van der Waals surface area contributed by atoms with Crippen LogP contribution >= 0.6 is 0 Å². The van der Waals surface area contributed by atoms with Gasteiger partial charge in [0.1, 0.15) is 22.8 Å². The summed E-state index contributed by atoms with van der Waals surface area (Å²) >= 11 is 0. The highest BCUT2D eigenvalue weighted by atomic mass is 32.2. The first-order chi connectivity index (χ1) is 21.0. The molecule has 6 rings (SSSR count). The second-order valence-corrected chi connectivity index (χ2v) is 12.6. The van der Waals surface area contributed by atoms with Crippen LogP contribution in [0, 0.1) is 10.1 Å². The van der Waals surface area contributed by atoms with Gasteiger partial charge in [0, 0.05) is 36.2 Å². The molecule has 0 bridgehead atoms. The number of nitro groups is 1. The molecule has 1 amide bonds. The molecule has 12 nitrogen and oxygen atoms in total. The van der Waals surface area contributed by atoms with Crippen molar-refractivity contribution in [3.05, 3.63) is 82.7 Å². The van der Waals surface area contributed by atoms with Crippen LogP contribution in [0.3, 0.4) is 0 Å². The van der Waals surface area contributed by atoms with Gasteiger partial charge in [-0.05, 0) is 62.1 Å². The fraction of sp³-hybridized carbons (Fsp3) is 0.310. The topological polar surface area (TPSA) is 168 Å². The SMILES string of the molecule is O=C(NS(=O)(=O)c1ccc(NC2CCC(NC3CC3(F)F)CC2)c([N+](=O)[O-])c1)c1ccccc1Oc1cnc2[nH]ccc2c1. The van der Waals surface area contributed by atoms with Gasteiger partial charge < -0.3 is 20.4 Å². The molecular formula is C29H28F2N6O6S. The summed E-state index contributed by atoms with van der Waals surface area (Å²) in [4.78, 5) is 31.0. The maximum atomic E-state index is 13.2. The molecule has 0 aliphatic heterocycles. The summed E-state index contributed by atoms with van der Waals surface area (Å²) in [5, 5.41) is 18.7. The molecule has 4 aromatic rings. The number of benzene rings is 2. The molecule has 2 fully saturated rings. The van der Waals surface area contributed by atoms with Crippen LogP contribution in [0.15, 0.2) is 71.9 Å².